The summed E-state index contributed by atoms with van der Waals surface area (Å²) in [6.45, 7) is 0. The minimum absolute atomic E-state index is 0.0315. The normalized spacial score (nSPS) is 12.5. The van der Waals surface area contributed by atoms with E-state index < -0.39 is 11.1 Å². The Morgan fingerprint density at radius 2 is 2.31 bits per heavy atom. The van der Waals surface area contributed by atoms with Crippen LogP contribution in [0.4, 0.5) is 0 Å². The average molecular weight is 221 g/mol. The number of benzene rings is 1. The lowest BCUT2D eigenvalue weighted by Gasteiger charge is -2.07. The largest absolute Gasteiger partial charge is 0.495 e. The number of hydrogen-bond donors (Lipinski definition) is 1. The maximum Gasteiger partial charge on any atom is 0.157 e. The molecule has 0 bridgehead atoms. The van der Waals surface area contributed by atoms with E-state index in [1.54, 1.807) is 18.2 Å². The van der Waals surface area contributed by atoms with Gasteiger partial charge in [-0.15, -0.1) is 0 Å². The minimum Gasteiger partial charge on any atom is -0.495 e. The third-order valence-electron chi connectivity index (χ3n) is 1.53. The number of rotatable bonds is 3. The summed E-state index contributed by atoms with van der Waals surface area (Å²) in [4.78, 5) is 0. The Balaban J connectivity index is 3.05. The Hall–Kier alpha value is -0.580. The Labute approximate surface area is 84.0 Å². The van der Waals surface area contributed by atoms with Gasteiger partial charge in [0.2, 0.25) is 0 Å². The number of para-hydroxylation sites is 1. The van der Waals surface area contributed by atoms with Crippen LogP contribution >= 0.6 is 11.6 Å². The zero-order valence-corrected chi connectivity index (χ0v) is 8.56. The summed E-state index contributed by atoms with van der Waals surface area (Å²) in [5.41, 5.74) is 0.635. The van der Waals surface area contributed by atoms with Crippen molar-refractivity contribution in [1.29, 1.82) is 0 Å². The summed E-state index contributed by atoms with van der Waals surface area (Å²) in [5, 5.41) is 0.449. The fourth-order valence-electron chi connectivity index (χ4n) is 1.03. The second kappa shape index (κ2) is 4.60. The highest BCUT2D eigenvalue weighted by atomic mass is 35.5. The number of halogens is 1. The topological polar surface area (TPSA) is 46.5 Å². The maximum atomic E-state index is 10.6. The van der Waals surface area contributed by atoms with Gasteiger partial charge in [0.15, 0.2) is 11.1 Å². The number of methoxy groups -OCH3 is 1. The molecule has 0 saturated heterocycles. The van der Waals surface area contributed by atoms with Gasteiger partial charge in [0.05, 0.1) is 17.9 Å². The Kier molecular flexibility index (Phi) is 3.71. The molecule has 0 fully saturated rings. The molecule has 1 atom stereocenters. The number of hydrogen-bond acceptors (Lipinski definition) is 2. The molecule has 0 saturated carbocycles. The fraction of sp³-hybridized carbons (Fsp3) is 0.250. The molecule has 1 aromatic carbocycles. The molecule has 0 radical (unpaired) electrons. The third kappa shape index (κ3) is 2.69. The highest BCUT2D eigenvalue weighted by Gasteiger charge is 2.08. The highest BCUT2D eigenvalue weighted by molar-refractivity contribution is 7.78. The lowest BCUT2D eigenvalue weighted by Crippen LogP contribution is -1.97. The van der Waals surface area contributed by atoms with E-state index in [1.165, 1.54) is 7.11 Å². The second-order valence-electron chi connectivity index (χ2n) is 2.40. The molecule has 0 aliphatic rings. The van der Waals surface area contributed by atoms with Crippen LogP contribution in [-0.4, -0.2) is 15.9 Å². The van der Waals surface area contributed by atoms with Crippen molar-refractivity contribution in [1.82, 2.24) is 0 Å². The molecule has 5 heteroatoms. The molecule has 13 heavy (non-hydrogen) atoms. The summed E-state index contributed by atoms with van der Waals surface area (Å²) >= 11 is 3.93. The van der Waals surface area contributed by atoms with Gasteiger partial charge >= 0.3 is 0 Å². The first kappa shape index (κ1) is 10.5. The van der Waals surface area contributed by atoms with Gasteiger partial charge < -0.3 is 9.29 Å². The van der Waals surface area contributed by atoms with E-state index in [0.717, 1.165) is 0 Å². The molecule has 0 aliphatic heterocycles. The van der Waals surface area contributed by atoms with Gasteiger partial charge in [-0.2, -0.15) is 0 Å². The minimum atomic E-state index is -1.88. The maximum absolute atomic E-state index is 10.6. The zero-order chi connectivity index (χ0) is 9.84. The van der Waals surface area contributed by atoms with Crippen LogP contribution in [0.25, 0.3) is 0 Å². The van der Waals surface area contributed by atoms with Gasteiger partial charge in [0.25, 0.3) is 0 Å². The molecule has 1 N–H and O–H groups in total. The monoisotopic (exact) mass is 220 g/mol. The average Bonchev–Trinajstić information content (AvgIpc) is 2.03. The molecule has 0 aliphatic carbocycles. The first-order chi connectivity index (χ1) is 6.15. The van der Waals surface area contributed by atoms with E-state index in [-0.39, 0.29) is 5.75 Å². The van der Waals surface area contributed by atoms with E-state index in [1.807, 2.05) is 0 Å². The van der Waals surface area contributed by atoms with Crippen LogP contribution in [0.3, 0.4) is 0 Å². The molecular formula is C8H9ClO3S. The molecule has 0 spiro atoms. The van der Waals surface area contributed by atoms with Crippen LogP contribution in [0, 0.1) is 0 Å². The van der Waals surface area contributed by atoms with Gasteiger partial charge in [0, 0.05) is 5.56 Å². The van der Waals surface area contributed by atoms with Gasteiger partial charge in [-0.05, 0) is 6.07 Å². The molecule has 72 valence electrons. The van der Waals surface area contributed by atoms with Crippen LogP contribution in [0.5, 0.6) is 5.75 Å². The summed E-state index contributed by atoms with van der Waals surface area (Å²) in [7, 11) is 1.48. The predicted octanol–water partition coefficient (Wildman–Crippen LogP) is 2.07. The van der Waals surface area contributed by atoms with E-state index in [4.69, 9.17) is 20.9 Å². The lowest BCUT2D eigenvalue weighted by molar-refractivity contribution is 0.411. The standard InChI is InChI=1S/C8H9ClO3S/c1-12-8-6(5-13(10)11)3-2-4-7(8)9/h2-4H,5H2,1H3,(H,10,11). The van der Waals surface area contributed by atoms with Crippen molar-refractivity contribution in [3.8, 4) is 5.75 Å². The van der Waals surface area contributed by atoms with Crippen molar-refractivity contribution in [3.63, 3.8) is 0 Å². The molecule has 0 amide bonds. The van der Waals surface area contributed by atoms with Crippen LogP contribution in [-0.2, 0) is 16.8 Å². The molecule has 1 aromatic rings. The molecule has 1 rings (SSSR count). The van der Waals surface area contributed by atoms with Crippen molar-refractivity contribution in [2.45, 2.75) is 5.75 Å². The van der Waals surface area contributed by atoms with Crippen molar-refractivity contribution in [2.75, 3.05) is 7.11 Å². The summed E-state index contributed by atoms with van der Waals surface area (Å²) < 4.78 is 24.3. The Bertz CT molecular complexity index is 327. The molecule has 1 unspecified atom stereocenters. The Morgan fingerprint density at radius 1 is 1.62 bits per heavy atom. The lowest BCUT2D eigenvalue weighted by atomic mass is 10.2. The van der Waals surface area contributed by atoms with E-state index >= 15 is 0 Å². The van der Waals surface area contributed by atoms with E-state index in [2.05, 4.69) is 0 Å². The van der Waals surface area contributed by atoms with Gasteiger partial charge in [-0.3, -0.25) is 0 Å². The quantitative estimate of drug-likeness (QED) is 0.794. The fourth-order valence-corrected chi connectivity index (χ4v) is 1.79. The van der Waals surface area contributed by atoms with Crippen LogP contribution in [0.2, 0.25) is 5.02 Å². The molecule has 0 aromatic heterocycles. The summed E-state index contributed by atoms with van der Waals surface area (Å²) in [6.07, 6.45) is 0. The first-order valence-electron chi connectivity index (χ1n) is 3.54. The molecule has 0 heterocycles. The van der Waals surface area contributed by atoms with Crippen molar-refractivity contribution in [3.05, 3.63) is 28.8 Å². The second-order valence-corrected chi connectivity index (χ2v) is 3.74. The third-order valence-corrected chi connectivity index (χ3v) is 2.39. The van der Waals surface area contributed by atoms with Gasteiger partial charge in [-0.1, -0.05) is 23.7 Å². The SMILES string of the molecule is COc1c(Cl)cccc1CS(=O)O. The first-order valence-corrected chi connectivity index (χ1v) is 5.19. The molecule has 3 nitrogen and oxygen atoms in total. The van der Waals surface area contributed by atoms with Crippen LogP contribution in [0.1, 0.15) is 5.56 Å². The van der Waals surface area contributed by atoms with Crippen molar-refractivity contribution >= 4 is 22.7 Å². The predicted molar refractivity (Wildman–Crippen MR) is 52.5 cm³/mol. The van der Waals surface area contributed by atoms with Crippen molar-refractivity contribution < 1.29 is 13.5 Å². The number of ether oxygens (including phenoxy) is 1. The van der Waals surface area contributed by atoms with E-state index in [0.29, 0.717) is 16.3 Å². The van der Waals surface area contributed by atoms with E-state index in [9.17, 15) is 4.21 Å². The molecular weight excluding hydrogens is 212 g/mol. The highest BCUT2D eigenvalue weighted by Crippen LogP contribution is 2.28. The zero-order valence-electron chi connectivity index (χ0n) is 6.99. The van der Waals surface area contributed by atoms with Crippen LogP contribution in [0.15, 0.2) is 18.2 Å². The summed E-state index contributed by atoms with van der Waals surface area (Å²) in [6, 6.07) is 5.09. The smallest absolute Gasteiger partial charge is 0.157 e. The van der Waals surface area contributed by atoms with Crippen molar-refractivity contribution in [2.24, 2.45) is 0 Å². The van der Waals surface area contributed by atoms with Gasteiger partial charge in [0.1, 0.15) is 5.75 Å². The Morgan fingerprint density at radius 3 is 2.85 bits per heavy atom. The summed E-state index contributed by atoms with van der Waals surface area (Å²) in [5.74, 6) is 0.496. The van der Waals surface area contributed by atoms with Crippen LogP contribution < -0.4 is 4.74 Å². The van der Waals surface area contributed by atoms with Gasteiger partial charge in [-0.25, -0.2) is 4.21 Å².